The van der Waals surface area contributed by atoms with E-state index in [1.54, 1.807) is 4.90 Å². The average Bonchev–Trinajstić information content (AvgIpc) is 3.04. The normalized spacial score (nSPS) is 19.5. The molecular formula is C15H16N4O2. The van der Waals surface area contributed by atoms with Gasteiger partial charge in [-0.3, -0.25) is 4.79 Å². The third-order valence-electron chi connectivity index (χ3n) is 4.38. The number of nitrogens with zero attached hydrogens (tertiary/aromatic N) is 3. The van der Waals surface area contributed by atoms with E-state index in [-0.39, 0.29) is 5.91 Å². The Balaban J connectivity index is 1.52. The first-order chi connectivity index (χ1) is 10.2. The standard InChI is InChI=1S/C15H16N4O2/c16-15(6-3-7-15)14-17-12(21-18-14)9-19-8-10-4-1-2-5-11(10)13(19)20/h1-2,4-5H,3,6-9,16H2. The average molecular weight is 284 g/mol. The summed E-state index contributed by atoms with van der Waals surface area (Å²) in [4.78, 5) is 18.4. The second kappa shape index (κ2) is 4.39. The Morgan fingerprint density at radius 1 is 1.33 bits per heavy atom. The molecule has 4 rings (SSSR count). The van der Waals surface area contributed by atoms with Gasteiger partial charge in [0.1, 0.15) is 6.54 Å². The van der Waals surface area contributed by atoms with Gasteiger partial charge in [-0.25, -0.2) is 0 Å². The van der Waals surface area contributed by atoms with Crippen molar-refractivity contribution in [1.82, 2.24) is 15.0 Å². The molecule has 6 nitrogen and oxygen atoms in total. The maximum Gasteiger partial charge on any atom is 0.254 e. The van der Waals surface area contributed by atoms with Gasteiger partial charge in [0.15, 0.2) is 5.82 Å². The fourth-order valence-corrected chi connectivity index (χ4v) is 2.91. The lowest BCUT2D eigenvalue weighted by Crippen LogP contribution is -2.44. The van der Waals surface area contributed by atoms with Crippen LogP contribution in [0.1, 0.15) is 46.9 Å². The fourth-order valence-electron chi connectivity index (χ4n) is 2.91. The highest BCUT2D eigenvalue weighted by molar-refractivity contribution is 5.98. The molecule has 108 valence electrons. The number of nitrogens with two attached hydrogens (primary N) is 1. The largest absolute Gasteiger partial charge is 0.337 e. The van der Waals surface area contributed by atoms with Crippen molar-refractivity contribution in [3.8, 4) is 0 Å². The summed E-state index contributed by atoms with van der Waals surface area (Å²) in [6, 6.07) is 7.63. The summed E-state index contributed by atoms with van der Waals surface area (Å²) in [5.41, 5.74) is 7.54. The van der Waals surface area contributed by atoms with Gasteiger partial charge in [-0.2, -0.15) is 4.98 Å². The molecule has 0 saturated heterocycles. The van der Waals surface area contributed by atoms with E-state index < -0.39 is 5.54 Å². The first-order valence-electron chi connectivity index (χ1n) is 7.15. The maximum absolute atomic E-state index is 12.3. The molecule has 1 aromatic heterocycles. The van der Waals surface area contributed by atoms with E-state index in [2.05, 4.69) is 10.1 Å². The molecule has 21 heavy (non-hydrogen) atoms. The summed E-state index contributed by atoms with van der Waals surface area (Å²) in [5.74, 6) is 1.02. The molecule has 1 saturated carbocycles. The van der Waals surface area contributed by atoms with E-state index in [1.807, 2.05) is 24.3 Å². The number of hydrogen-bond acceptors (Lipinski definition) is 5. The molecule has 1 fully saturated rings. The second-order valence-corrected chi connectivity index (χ2v) is 5.84. The van der Waals surface area contributed by atoms with E-state index in [0.29, 0.717) is 24.8 Å². The van der Waals surface area contributed by atoms with Crippen molar-refractivity contribution in [2.24, 2.45) is 5.73 Å². The molecular weight excluding hydrogens is 268 g/mol. The quantitative estimate of drug-likeness (QED) is 0.924. The Morgan fingerprint density at radius 3 is 2.86 bits per heavy atom. The Hall–Kier alpha value is -2.21. The molecule has 1 aromatic carbocycles. The molecule has 1 aliphatic heterocycles. The van der Waals surface area contributed by atoms with Crippen LogP contribution >= 0.6 is 0 Å². The van der Waals surface area contributed by atoms with Crippen molar-refractivity contribution in [1.29, 1.82) is 0 Å². The number of rotatable bonds is 3. The first kappa shape index (κ1) is 12.5. The van der Waals surface area contributed by atoms with E-state index in [1.165, 1.54) is 0 Å². The zero-order chi connectivity index (χ0) is 14.4. The first-order valence-corrected chi connectivity index (χ1v) is 7.15. The number of carbonyl (C=O) groups is 1. The molecule has 0 unspecified atom stereocenters. The molecule has 0 spiro atoms. The summed E-state index contributed by atoms with van der Waals surface area (Å²) in [6.07, 6.45) is 2.88. The van der Waals surface area contributed by atoms with Crippen LogP contribution in [0.3, 0.4) is 0 Å². The molecule has 1 aliphatic carbocycles. The molecule has 0 bridgehead atoms. The number of hydrogen-bond donors (Lipinski definition) is 1. The number of fused-ring (bicyclic) bond motifs is 1. The van der Waals surface area contributed by atoms with Gasteiger partial charge in [0, 0.05) is 12.1 Å². The van der Waals surface area contributed by atoms with Crippen LogP contribution in [0.25, 0.3) is 0 Å². The molecule has 2 N–H and O–H groups in total. The van der Waals surface area contributed by atoms with Crippen LogP contribution in [0, 0.1) is 0 Å². The van der Waals surface area contributed by atoms with E-state index >= 15 is 0 Å². The van der Waals surface area contributed by atoms with Gasteiger partial charge in [0.2, 0.25) is 5.89 Å². The Bertz CT molecular complexity index is 705. The summed E-state index contributed by atoms with van der Waals surface area (Å²) in [7, 11) is 0. The highest BCUT2D eigenvalue weighted by Crippen LogP contribution is 2.37. The van der Waals surface area contributed by atoms with Gasteiger partial charge in [0.05, 0.1) is 5.54 Å². The molecule has 0 radical (unpaired) electrons. The number of aromatic nitrogens is 2. The van der Waals surface area contributed by atoms with Gasteiger partial charge >= 0.3 is 0 Å². The van der Waals surface area contributed by atoms with Crippen molar-refractivity contribution >= 4 is 5.91 Å². The second-order valence-electron chi connectivity index (χ2n) is 5.84. The third-order valence-corrected chi connectivity index (χ3v) is 4.38. The smallest absolute Gasteiger partial charge is 0.254 e. The van der Waals surface area contributed by atoms with Crippen LogP contribution < -0.4 is 5.73 Å². The molecule has 1 amide bonds. The fraction of sp³-hybridized carbons (Fsp3) is 0.400. The Kier molecular flexibility index (Phi) is 2.62. The number of amides is 1. The zero-order valence-corrected chi connectivity index (χ0v) is 11.6. The van der Waals surface area contributed by atoms with Crippen molar-refractivity contribution in [2.45, 2.75) is 37.9 Å². The topological polar surface area (TPSA) is 85.2 Å². The minimum absolute atomic E-state index is 0.0106. The van der Waals surface area contributed by atoms with Gasteiger partial charge in [-0.05, 0) is 30.9 Å². The van der Waals surface area contributed by atoms with Crippen molar-refractivity contribution in [3.05, 3.63) is 47.1 Å². The predicted octanol–water partition coefficient (Wildman–Crippen LogP) is 1.56. The van der Waals surface area contributed by atoms with Crippen LogP contribution in [-0.4, -0.2) is 20.9 Å². The Labute approximate surface area is 121 Å². The van der Waals surface area contributed by atoms with E-state index in [9.17, 15) is 4.79 Å². The maximum atomic E-state index is 12.3. The molecule has 2 heterocycles. The SMILES string of the molecule is NC1(c2noc(CN3Cc4ccccc4C3=O)n2)CCC1. The third kappa shape index (κ3) is 1.94. The predicted molar refractivity (Wildman–Crippen MR) is 74.0 cm³/mol. The summed E-state index contributed by atoms with van der Waals surface area (Å²) in [5, 5.41) is 3.98. The van der Waals surface area contributed by atoms with Crippen LogP contribution in [0.5, 0.6) is 0 Å². The summed E-state index contributed by atoms with van der Waals surface area (Å²) < 4.78 is 5.26. The van der Waals surface area contributed by atoms with Crippen LogP contribution in [0.15, 0.2) is 28.8 Å². The monoisotopic (exact) mass is 284 g/mol. The van der Waals surface area contributed by atoms with Gasteiger partial charge in [-0.1, -0.05) is 23.4 Å². The van der Waals surface area contributed by atoms with Crippen molar-refractivity contribution in [2.75, 3.05) is 0 Å². The van der Waals surface area contributed by atoms with E-state index in [4.69, 9.17) is 10.3 Å². The van der Waals surface area contributed by atoms with E-state index in [0.717, 1.165) is 30.4 Å². The molecule has 6 heteroatoms. The summed E-state index contributed by atoms with van der Waals surface area (Å²) in [6.45, 7) is 0.914. The lowest BCUT2D eigenvalue weighted by molar-refractivity contribution is 0.0748. The lowest BCUT2D eigenvalue weighted by Gasteiger charge is -2.34. The number of carbonyl (C=O) groups excluding carboxylic acids is 1. The van der Waals surface area contributed by atoms with Crippen LogP contribution in [-0.2, 0) is 18.6 Å². The van der Waals surface area contributed by atoms with Gasteiger partial charge < -0.3 is 15.2 Å². The highest BCUT2D eigenvalue weighted by atomic mass is 16.5. The summed E-state index contributed by atoms with van der Waals surface area (Å²) >= 11 is 0. The van der Waals surface area contributed by atoms with Crippen molar-refractivity contribution < 1.29 is 9.32 Å². The minimum atomic E-state index is -0.431. The van der Waals surface area contributed by atoms with Gasteiger partial charge in [0.25, 0.3) is 5.91 Å². The van der Waals surface area contributed by atoms with Crippen molar-refractivity contribution in [3.63, 3.8) is 0 Å². The lowest BCUT2D eigenvalue weighted by atomic mass is 9.77. The zero-order valence-electron chi connectivity index (χ0n) is 11.6. The molecule has 2 aliphatic rings. The minimum Gasteiger partial charge on any atom is -0.337 e. The van der Waals surface area contributed by atoms with Crippen LogP contribution in [0.4, 0.5) is 0 Å². The number of benzene rings is 1. The Morgan fingerprint density at radius 2 is 2.14 bits per heavy atom. The van der Waals surface area contributed by atoms with Crippen LogP contribution in [0.2, 0.25) is 0 Å². The molecule has 2 aromatic rings. The molecule has 0 atom stereocenters. The highest BCUT2D eigenvalue weighted by Gasteiger charge is 2.39. The van der Waals surface area contributed by atoms with Gasteiger partial charge in [-0.15, -0.1) is 0 Å².